The van der Waals surface area contributed by atoms with Crippen LogP contribution in [0.25, 0.3) is 0 Å². The molecule has 0 bridgehead atoms. The third-order valence-corrected chi connectivity index (χ3v) is 3.84. The topological polar surface area (TPSA) is 0 Å². The second-order valence-electron chi connectivity index (χ2n) is 4.56. The molecule has 3 rings (SSSR count). The second-order valence-corrected chi connectivity index (χ2v) is 4.56. The van der Waals surface area contributed by atoms with Crippen LogP contribution >= 0.6 is 0 Å². The van der Waals surface area contributed by atoms with E-state index < -0.39 is 0 Å². The van der Waals surface area contributed by atoms with Gasteiger partial charge in [0.05, 0.1) is 0 Å². The molecule has 1 unspecified atom stereocenters. The van der Waals surface area contributed by atoms with Gasteiger partial charge in [0.1, 0.15) is 0 Å². The molecule has 0 heterocycles. The van der Waals surface area contributed by atoms with Crippen LogP contribution < -0.4 is 0 Å². The van der Waals surface area contributed by atoms with E-state index in [1.165, 1.54) is 22.6 Å². The fourth-order valence-electron chi connectivity index (χ4n) is 2.66. The van der Waals surface area contributed by atoms with Gasteiger partial charge in [0.2, 0.25) is 0 Å². The maximum Gasteiger partial charge on any atom is 0 e. The Kier molecular flexibility index (Phi) is 1.91. The van der Waals surface area contributed by atoms with Gasteiger partial charge in [-0.05, 0) is 17.4 Å². The van der Waals surface area contributed by atoms with E-state index in [1.54, 1.807) is 0 Å². The Morgan fingerprint density at radius 2 is 1.81 bits per heavy atom. The van der Waals surface area contributed by atoms with E-state index in [4.69, 9.17) is 0 Å². The van der Waals surface area contributed by atoms with Gasteiger partial charge in [-0.3, -0.25) is 0 Å². The summed E-state index contributed by atoms with van der Waals surface area (Å²) in [5.41, 5.74) is 4.44. The minimum absolute atomic E-state index is 0. The van der Waals surface area contributed by atoms with E-state index in [9.17, 15) is 0 Å². The van der Waals surface area contributed by atoms with Crippen LogP contribution in [0.15, 0.2) is 59.3 Å². The summed E-state index contributed by atoms with van der Waals surface area (Å²) in [5, 5.41) is 0. The first-order valence-electron chi connectivity index (χ1n) is 5.62. The third kappa shape index (κ3) is 0.967. The smallest absolute Gasteiger partial charge is 0 e. The zero-order valence-corrected chi connectivity index (χ0v) is 11.7. The molecule has 1 radical (unpaired) electrons. The van der Waals surface area contributed by atoms with Gasteiger partial charge in [0, 0.05) is 0 Å². The molecule has 0 saturated heterocycles. The molecule has 0 spiro atoms. The molecule has 0 aliphatic heterocycles. The number of hydrogen-bond donors (Lipinski definition) is 0. The molecule has 0 aromatic heterocycles. The predicted molar refractivity (Wildman–Crippen MR) is 64.2 cm³/mol. The van der Waals surface area contributed by atoms with Crippen molar-refractivity contribution in [3.05, 3.63) is 65.2 Å². The molecule has 16 heavy (non-hydrogen) atoms. The van der Waals surface area contributed by atoms with Gasteiger partial charge in [-0.15, -0.1) is 17.1 Å². The van der Waals surface area contributed by atoms with E-state index >= 15 is 0 Å². The van der Waals surface area contributed by atoms with Gasteiger partial charge >= 0.3 is 0 Å². The summed E-state index contributed by atoms with van der Waals surface area (Å²) in [5.74, 6) is 1.44. The maximum atomic E-state index is 2.35. The Labute approximate surface area is 91.4 Å². The van der Waals surface area contributed by atoms with Gasteiger partial charge in [0.25, 0.3) is 0 Å². The van der Waals surface area contributed by atoms with Crippen molar-refractivity contribution in [1.29, 1.82) is 0 Å². The Bertz CT molecular complexity index is 460. The van der Waals surface area contributed by atoms with Crippen molar-refractivity contribution in [3.8, 4) is 0 Å². The summed E-state index contributed by atoms with van der Waals surface area (Å²) in [7, 11) is 0. The van der Waals surface area contributed by atoms with E-state index in [-0.39, 0.29) is 5.41 Å². The average molecular weight is 457 g/mol. The summed E-state index contributed by atoms with van der Waals surface area (Å²) < 4.78 is 0. The molecule has 0 nitrogen and oxygen atoms in total. The zero-order chi connectivity index (χ0) is 10.5. The quantitative estimate of drug-likeness (QED) is 0.524. The Hall–Kier alpha value is -2.43. The molecular weight excluding hydrogens is 442 g/mol. The molecule has 0 N–H and O–H groups in total. The molecule has 1 atom stereocenters. The van der Waals surface area contributed by atoms with E-state index in [0.717, 1.165) is 6.42 Å². The van der Waals surface area contributed by atoms with Crippen LogP contribution in [-0.4, -0.2) is 0 Å². The summed E-state index contributed by atoms with van der Waals surface area (Å²) in [4.78, 5) is 0. The first kappa shape index (κ1) is 10.1. The minimum Gasteiger partial charge on any atom is -0.167 e. The summed E-state index contributed by atoms with van der Waals surface area (Å²) in [6.07, 6.45) is 17.0. The van der Waals surface area contributed by atoms with Crippen molar-refractivity contribution in [3.63, 3.8) is 0 Å². The van der Waals surface area contributed by atoms with Crippen LogP contribution in [0.2, 0.25) is 0 Å². The normalized spacial score (nSPS) is 29.1. The van der Waals surface area contributed by atoms with Gasteiger partial charge in [0.15, 0.2) is 0 Å². The van der Waals surface area contributed by atoms with Gasteiger partial charge in [-0.1, -0.05) is 32.1 Å². The molecular formula is C15H15Lr-. The van der Waals surface area contributed by atoms with Crippen molar-refractivity contribution < 1.29 is 0 Å². The Morgan fingerprint density at radius 1 is 1.12 bits per heavy atom. The van der Waals surface area contributed by atoms with Gasteiger partial charge in [-0.2, -0.15) is 24.3 Å². The largest absolute Gasteiger partial charge is 0.167 e. The van der Waals surface area contributed by atoms with Crippen LogP contribution in [0.3, 0.4) is 0 Å². The Balaban J connectivity index is 0.000000963. The molecule has 0 amide bonds. The maximum absolute atomic E-state index is 2.35. The SMILES string of the molecule is CCC1=CC=C2C=C[C-]3C=CC(=C1)C23C.[Lr]. The van der Waals surface area contributed by atoms with Crippen molar-refractivity contribution in [2.75, 3.05) is 0 Å². The first-order chi connectivity index (χ1) is 7.25. The van der Waals surface area contributed by atoms with Crippen LogP contribution in [0.4, 0.5) is 0 Å². The van der Waals surface area contributed by atoms with E-state index in [1.807, 2.05) is 0 Å². The average Bonchev–Trinajstić information content (AvgIpc) is 2.66. The van der Waals surface area contributed by atoms with E-state index in [2.05, 4.69) is 56.4 Å². The van der Waals surface area contributed by atoms with Crippen molar-refractivity contribution in [1.82, 2.24) is 0 Å². The standard InChI is InChI=1S/C15H15.Lr/c1-3-11-4-5-12-6-7-13-8-9-14(10-11)15(12,13)2;/h4-10H,3H2,1-2H3;/q-1;. The van der Waals surface area contributed by atoms with Gasteiger partial charge in [-0.25, -0.2) is 0 Å². The predicted octanol–water partition coefficient (Wildman–Crippen LogP) is 3.91. The summed E-state index contributed by atoms with van der Waals surface area (Å²) in [6.45, 7) is 4.54. The monoisotopic (exact) mass is 457 g/mol. The van der Waals surface area contributed by atoms with Crippen LogP contribution in [-0.2, 0) is 0 Å². The molecule has 1 heteroatoms. The fourth-order valence-corrected chi connectivity index (χ4v) is 2.66. The third-order valence-electron chi connectivity index (χ3n) is 3.84. The minimum atomic E-state index is 0. The molecule has 0 aromatic rings. The molecule has 0 saturated carbocycles. The van der Waals surface area contributed by atoms with Crippen molar-refractivity contribution in [2.24, 2.45) is 5.41 Å². The summed E-state index contributed by atoms with van der Waals surface area (Å²) in [6, 6.07) is 0. The van der Waals surface area contributed by atoms with Crippen LogP contribution in [0, 0.1) is 11.3 Å². The second kappa shape index (κ2) is 3.03. The molecule has 91 valence electrons. The molecule has 3 aliphatic carbocycles. The molecule has 3 aliphatic rings. The van der Waals surface area contributed by atoms with Crippen LogP contribution in [0.1, 0.15) is 20.3 Å². The molecule has 0 fully saturated rings. The molecule has 0 aromatic carbocycles. The number of allylic oxidation sites excluding steroid dienone is 10. The van der Waals surface area contributed by atoms with E-state index in [0.29, 0.717) is 0 Å². The van der Waals surface area contributed by atoms with Gasteiger partial charge < -0.3 is 0 Å². The number of hydrogen-bond acceptors (Lipinski definition) is 0. The fraction of sp³-hybridized carbons (Fsp3) is 0.267. The van der Waals surface area contributed by atoms with Crippen LogP contribution in [0.5, 0.6) is 0 Å². The Morgan fingerprint density at radius 3 is 2.50 bits per heavy atom. The first-order valence-corrected chi connectivity index (χ1v) is 5.62. The number of rotatable bonds is 1. The van der Waals surface area contributed by atoms with Crippen molar-refractivity contribution in [2.45, 2.75) is 20.3 Å². The van der Waals surface area contributed by atoms with Crippen molar-refractivity contribution >= 4 is 0 Å². The zero-order valence-electron chi connectivity index (χ0n) is 9.51. The summed E-state index contributed by atoms with van der Waals surface area (Å²) >= 11 is 0.